The quantitative estimate of drug-likeness (QED) is 0.358. The fraction of sp³-hybridized carbons (Fsp3) is 0.310. The van der Waals surface area contributed by atoms with Crippen LogP contribution < -0.4 is 9.62 Å². The first-order valence-corrected chi connectivity index (χ1v) is 14.8. The number of likely N-dealkylation sites (N-methyl/N-ethyl adjacent to an activating group) is 1. The molecule has 1 atom stereocenters. The van der Waals surface area contributed by atoms with Gasteiger partial charge in [0.25, 0.3) is 0 Å². The minimum atomic E-state index is -3.79. The second kappa shape index (κ2) is 13.4. The first-order chi connectivity index (χ1) is 18.1. The second-order valence-corrected chi connectivity index (χ2v) is 11.4. The number of carbonyl (C=O) groups excluding carboxylic acids is 2. The van der Waals surface area contributed by atoms with Crippen molar-refractivity contribution in [3.8, 4) is 0 Å². The summed E-state index contributed by atoms with van der Waals surface area (Å²) in [6.45, 7) is 3.88. The monoisotopic (exact) mass is 555 g/mol. The van der Waals surface area contributed by atoms with Gasteiger partial charge in [-0.3, -0.25) is 13.9 Å². The molecule has 1 unspecified atom stereocenters. The molecule has 202 valence electrons. The fourth-order valence-corrected chi connectivity index (χ4v) is 5.12. The Morgan fingerprint density at radius 3 is 2.03 bits per heavy atom. The summed E-state index contributed by atoms with van der Waals surface area (Å²) in [5.41, 5.74) is 3.09. The predicted molar refractivity (Wildman–Crippen MR) is 153 cm³/mol. The van der Waals surface area contributed by atoms with Gasteiger partial charge in [-0.15, -0.1) is 0 Å². The lowest BCUT2D eigenvalue weighted by molar-refractivity contribution is -0.140. The number of halogens is 1. The molecule has 0 aliphatic rings. The average molecular weight is 556 g/mol. The molecule has 0 aliphatic heterocycles. The van der Waals surface area contributed by atoms with Crippen LogP contribution in [0.4, 0.5) is 5.69 Å². The number of nitrogens with one attached hydrogen (secondary N) is 1. The number of sulfonamides is 1. The molecule has 9 heteroatoms. The number of rotatable bonds is 12. The molecular weight excluding hydrogens is 522 g/mol. The van der Waals surface area contributed by atoms with Crippen LogP contribution in [0.1, 0.15) is 30.5 Å². The Balaban J connectivity index is 2.01. The number of hydrogen-bond acceptors (Lipinski definition) is 4. The summed E-state index contributed by atoms with van der Waals surface area (Å²) >= 11 is 6.06. The van der Waals surface area contributed by atoms with Gasteiger partial charge in [0.2, 0.25) is 21.8 Å². The highest BCUT2D eigenvalue weighted by molar-refractivity contribution is 7.92. The van der Waals surface area contributed by atoms with Gasteiger partial charge in [-0.2, -0.15) is 0 Å². The van der Waals surface area contributed by atoms with Crippen LogP contribution in [-0.4, -0.2) is 50.5 Å². The molecule has 0 aromatic heterocycles. The third-order valence-electron chi connectivity index (χ3n) is 6.20. The molecule has 38 heavy (non-hydrogen) atoms. The number of benzene rings is 3. The summed E-state index contributed by atoms with van der Waals surface area (Å²) in [4.78, 5) is 28.7. The van der Waals surface area contributed by atoms with Gasteiger partial charge in [-0.25, -0.2) is 8.42 Å². The number of amides is 2. The molecule has 0 bridgehead atoms. The smallest absolute Gasteiger partial charge is 0.244 e. The second-order valence-electron chi connectivity index (χ2n) is 9.04. The van der Waals surface area contributed by atoms with E-state index < -0.39 is 28.5 Å². The lowest BCUT2D eigenvalue weighted by Gasteiger charge is -2.33. The highest BCUT2D eigenvalue weighted by Crippen LogP contribution is 2.21. The highest BCUT2D eigenvalue weighted by Gasteiger charge is 2.32. The van der Waals surface area contributed by atoms with E-state index in [1.165, 1.54) is 4.90 Å². The zero-order valence-electron chi connectivity index (χ0n) is 21.9. The van der Waals surface area contributed by atoms with E-state index in [9.17, 15) is 18.0 Å². The van der Waals surface area contributed by atoms with Crippen molar-refractivity contribution < 1.29 is 18.0 Å². The molecule has 7 nitrogen and oxygen atoms in total. The van der Waals surface area contributed by atoms with Crippen molar-refractivity contribution in [2.75, 3.05) is 23.7 Å². The van der Waals surface area contributed by atoms with Gasteiger partial charge >= 0.3 is 0 Å². The molecule has 3 rings (SSSR count). The Bertz CT molecular complexity index is 1310. The van der Waals surface area contributed by atoms with Gasteiger partial charge in [0.05, 0.1) is 11.9 Å². The molecule has 0 spiro atoms. The molecule has 0 aliphatic carbocycles. The summed E-state index contributed by atoms with van der Waals surface area (Å²) in [6.07, 6.45) is 2.15. The maximum absolute atomic E-state index is 13.9. The third kappa shape index (κ3) is 8.07. The van der Waals surface area contributed by atoms with Gasteiger partial charge in [-0.05, 0) is 54.3 Å². The topological polar surface area (TPSA) is 86.8 Å². The first-order valence-electron chi connectivity index (χ1n) is 12.5. The van der Waals surface area contributed by atoms with E-state index in [0.717, 1.165) is 33.7 Å². The molecule has 0 radical (unpaired) electrons. The number of anilines is 1. The SMILES string of the molecule is CCNC(=O)C(Cc1ccccc1)N(Cc1ccc(Cl)cc1)C(=O)CN(c1ccc(CC)cc1)S(C)(=O)=O. The van der Waals surface area contributed by atoms with Crippen LogP contribution in [-0.2, 0) is 39.0 Å². The van der Waals surface area contributed by atoms with Crippen LogP contribution in [0.25, 0.3) is 0 Å². The van der Waals surface area contributed by atoms with Crippen LogP contribution in [0.3, 0.4) is 0 Å². The minimum Gasteiger partial charge on any atom is -0.355 e. The van der Waals surface area contributed by atoms with Crippen LogP contribution >= 0.6 is 11.6 Å². The van der Waals surface area contributed by atoms with Crippen LogP contribution in [0, 0.1) is 0 Å². The molecule has 0 saturated carbocycles. The minimum absolute atomic E-state index is 0.108. The summed E-state index contributed by atoms with van der Waals surface area (Å²) in [5.74, 6) is -0.797. The summed E-state index contributed by atoms with van der Waals surface area (Å²) in [7, 11) is -3.79. The molecular formula is C29H34ClN3O4S. The molecule has 2 amide bonds. The van der Waals surface area contributed by atoms with E-state index >= 15 is 0 Å². The zero-order chi connectivity index (χ0) is 27.7. The van der Waals surface area contributed by atoms with Crippen molar-refractivity contribution >= 4 is 39.1 Å². The van der Waals surface area contributed by atoms with Crippen molar-refractivity contribution in [2.45, 2.75) is 39.3 Å². The highest BCUT2D eigenvalue weighted by atomic mass is 35.5. The number of carbonyl (C=O) groups is 2. The van der Waals surface area contributed by atoms with Crippen molar-refractivity contribution in [1.82, 2.24) is 10.2 Å². The maximum atomic E-state index is 13.9. The summed E-state index contributed by atoms with van der Waals surface area (Å²) in [6, 6.07) is 22.7. The van der Waals surface area contributed by atoms with E-state index in [1.54, 1.807) is 36.4 Å². The summed E-state index contributed by atoms with van der Waals surface area (Å²) < 4.78 is 26.7. The third-order valence-corrected chi connectivity index (χ3v) is 7.59. The van der Waals surface area contributed by atoms with E-state index in [-0.39, 0.29) is 18.9 Å². The lowest BCUT2D eigenvalue weighted by Crippen LogP contribution is -2.53. The Kier molecular flexibility index (Phi) is 10.3. The van der Waals surface area contributed by atoms with Crippen molar-refractivity contribution in [3.63, 3.8) is 0 Å². The van der Waals surface area contributed by atoms with Crippen LogP contribution in [0.15, 0.2) is 78.9 Å². The Hall–Kier alpha value is -3.36. The van der Waals surface area contributed by atoms with Crippen LogP contribution in [0.5, 0.6) is 0 Å². The Morgan fingerprint density at radius 2 is 1.47 bits per heavy atom. The van der Waals surface area contributed by atoms with Crippen LogP contribution in [0.2, 0.25) is 5.02 Å². The van der Waals surface area contributed by atoms with Crippen molar-refractivity contribution in [3.05, 3.63) is 101 Å². The molecule has 3 aromatic carbocycles. The molecule has 0 heterocycles. The lowest BCUT2D eigenvalue weighted by atomic mass is 10.0. The number of hydrogen-bond donors (Lipinski definition) is 1. The van der Waals surface area contributed by atoms with Crippen molar-refractivity contribution in [1.29, 1.82) is 0 Å². The standard InChI is InChI=1S/C29H34ClN3O4S/c1-4-22-13-17-26(18-14-22)33(38(3,36)37)21-28(34)32(20-24-11-15-25(30)16-12-24)27(29(35)31-5-2)19-23-9-7-6-8-10-23/h6-18,27H,4-5,19-21H2,1-3H3,(H,31,35). The fourth-order valence-electron chi connectivity index (χ4n) is 4.14. The normalized spacial score (nSPS) is 12.0. The van der Waals surface area contributed by atoms with E-state index in [2.05, 4.69) is 5.32 Å². The average Bonchev–Trinajstić information content (AvgIpc) is 2.90. The largest absolute Gasteiger partial charge is 0.355 e. The Morgan fingerprint density at radius 1 is 0.868 bits per heavy atom. The van der Waals surface area contributed by atoms with Gasteiger partial charge < -0.3 is 10.2 Å². The predicted octanol–water partition coefficient (Wildman–Crippen LogP) is 4.44. The van der Waals surface area contributed by atoms with Gasteiger partial charge in [0.15, 0.2) is 0 Å². The zero-order valence-corrected chi connectivity index (χ0v) is 23.5. The molecule has 1 N–H and O–H groups in total. The number of aryl methyl sites for hydroxylation is 1. The first kappa shape index (κ1) is 29.2. The van der Waals surface area contributed by atoms with Crippen molar-refractivity contribution in [2.24, 2.45) is 0 Å². The summed E-state index contributed by atoms with van der Waals surface area (Å²) in [5, 5.41) is 3.39. The molecule has 0 saturated heterocycles. The Labute approximate surface area is 230 Å². The molecule has 3 aromatic rings. The van der Waals surface area contributed by atoms with Gasteiger partial charge in [0, 0.05) is 24.5 Å². The number of nitrogens with zero attached hydrogens (tertiary/aromatic N) is 2. The van der Waals surface area contributed by atoms with E-state index in [0.29, 0.717) is 17.3 Å². The maximum Gasteiger partial charge on any atom is 0.244 e. The van der Waals surface area contributed by atoms with E-state index in [4.69, 9.17) is 11.6 Å². The van der Waals surface area contributed by atoms with Gasteiger partial charge in [0.1, 0.15) is 12.6 Å². The molecule has 0 fully saturated rings. The van der Waals surface area contributed by atoms with Gasteiger partial charge in [-0.1, -0.05) is 73.1 Å². The van der Waals surface area contributed by atoms with E-state index in [1.807, 2.05) is 56.3 Å².